The van der Waals surface area contributed by atoms with Crippen LogP contribution in [0.15, 0.2) is 47.4 Å². The van der Waals surface area contributed by atoms with Gasteiger partial charge in [-0.2, -0.15) is 4.98 Å². The van der Waals surface area contributed by atoms with Crippen molar-refractivity contribution in [3.8, 4) is 0 Å². The number of nitrogen functional groups attached to an aromatic ring is 1. The van der Waals surface area contributed by atoms with Crippen LogP contribution in [0.4, 0.5) is 5.82 Å². The number of aliphatic hydroxyl groups is 3. The smallest absolute Gasteiger partial charge is 0.351 e. The van der Waals surface area contributed by atoms with E-state index in [9.17, 15) is 29.5 Å². The number of carbonyl (C=O) groups excluding carboxylic acids is 1. The van der Waals surface area contributed by atoms with Crippen LogP contribution in [-0.4, -0.2) is 72.9 Å². The van der Waals surface area contributed by atoms with Gasteiger partial charge in [-0.3, -0.25) is 13.9 Å². The molecule has 1 saturated heterocycles. The summed E-state index contributed by atoms with van der Waals surface area (Å²) in [5.41, 5.74) is 2.94. The first kappa shape index (κ1) is 31.4. The van der Waals surface area contributed by atoms with E-state index < -0.39 is 42.7 Å². The highest BCUT2D eigenvalue weighted by atomic mass is 32.2. The molecular formula is C25H37N4O8PS. The molecule has 12 nitrogen and oxygen atoms in total. The quantitative estimate of drug-likeness (QED) is 0.169. The standard InChI is InChI=1S/C25H37N4O8PS/c1-24(2,16-30)22(32)39-14-12-36-38(35,27-15-17-7-5-4-6-8-17)13-10-18-20(31)25(3,34)21(37-18)29-11-9-19(26)28-23(29)33/h4-9,11,18,20-21,30-31,34H,10,12-16H2,1-3H3,(H,27,35)(H2,26,28,33)/t18-,20+,21-,25?,38?/m1/s1. The second-order valence-electron chi connectivity index (χ2n) is 10.3. The molecule has 216 valence electrons. The van der Waals surface area contributed by atoms with Gasteiger partial charge in [0.25, 0.3) is 7.52 Å². The molecule has 1 fully saturated rings. The van der Waals surface area contributed by atoms with Gasteiger partial charge in [0.05, 0.1) is 24.7 Å². The van der Waals surface area contributed by atoms with Crippen molar-refractivity contribution >= 4 is 30.2 Å². The summed E-state index contributed by atoms with van der Waals surface area (Å²) in [7, 11) is -3.52. The molecule has 39 heavy (non-hydrogen) atoms. The number of thioether (sulfide) groups is 1. The fourth-order valence-electron chi connectivity index (χ4n) is 3.95. The number of carbonyl (C=O) groups is 1. The number of nitrogens with zero attached hydrogens (tertiary/aromatic N) is 2. The van der Waals surface area contributed by atoms with E-state index in [0.29, 0.717) is 0 Å². The molecule has 0 radical (unpaired) electrons. The van der Waals surface area contributed by atoms with Gasteiger partial charge >= 0.3 is 5.69 Å². The summed E-state index contributed by atoms with van der Waals surface area (Å²) in [6, 6.07) is 10.7. The number of anilines is 1. The van der Waals surface area contributed by atoms with Gasteiger partial charge in [0.2, 0.25) is 0 Å². The van der Waals surface area contributed by atoms with E-state index in [4.69, 9.17) is 15.0 Å². The van der Waals surface area contributed by atoms with Crippen LogP contribution in [-0.2, 0) is 25.2 Å². The first-order chi connectivity index (χ1) is 18.3. The molecule has 1 aliphatic rings. The van der Waals surface area contributed by atoms with Gasteiger partial charge < -0.3 is 30.3 Å². The number of aromatic nitrogens is 2. The highest BCUT2D eigenvalue weighted by Gasteiger charge is 2.53. The average molecular weight is 585 g/mol. The summed E-state index contributed by atoms with van der Waals surface area (Å²) in [4.78, 5) is 28.2. The number of aliphatic hydroxyl groups excluding tert-OH is 2. The number of nitrogens with one attached hydrogen (secondary N) is 1. The van der Waals surface area contributed by atoms with E-state index in [2.05, 4.69) is 10.1 Å². The maximum atomic E-state index is 13.8. The first-order valence-electron chi connectivity index (χ1n) is 12.5. The molecule has 6 N–H and O–H groups in total. The Balaban J connectivity index is 1.68. The van der Waals surface area contributed by atoms with Crippen molar-refractivity contribution in [2.24, 2.45) is 5.41 Å². The van der Waals surface area contributed by atoms with E-state index >= 15 is 0 Å². The number of hydrogen-bond acceptors (Lipinski definition) is 11. The fourth-order valence-corrected chi connectivity index (χ4v) is 6.66. The lowest BCUT2D eigenvalue weighted by atomic mass is 9.95. The van der Waals surface area contributed by atoms with Crippen LogP contribution in [0, 0.1) is 5.41 Å². The molecule has 5 atom stereocenters. The predicted octanol–water partition coefficient (Wildman–Crippen LogP) is 1.50. The van der Waals surface area contributed by atoms with Crippen molar-refractivity contribution in [3.05, 3.63) is 58.6 Å². The number of ether oxygens (including phenoxy) is 1. The Labute approximate surface area is 231 Å². The highest BCUT2D eigenvalue weighted by molar-refractivity contribution is 8.13. The summed E-state index contributed by atoms with van der Waals surface area (Å²) in [5, 5.41) is 34.0. The summed E-state index contributed by atoms with van der Waals surface area (Å²) in [6.45, 7) is 4.58. The number of nitrogens with two attached hydrogens (primary N) is 1. The Morgan fingerprint density at radius 2 is 2.03 bits per heavy atom. The van der Waals surface area contributed by atoms with Crippen molar-refractivity contribution < 1.29 is 33.9 Å². The molecule has 2 heterocycles. The number of rotatable bonds is 13. The van der Waals surface area contributed by atoms with Crippen LogP contribution in [0.25, 0.3) is 0 Å². The zero-order chi connectivity index (χ0) is 28.8. The van der Waals surface area contributed by atoms with Crippen LogP contribution in [0.5, 0.6) is 0 Å². The van der Waals surface area contributed by atoms with Crippen LogP contribution in [0.1, 0.15) is 39.0 Å². The Morgan fingerprint density at radius 1 is 1.33 bits per heavy atom. The fraction of sp³-hybridized carbons (Fsp3) is 0.560. The minimum absolute atomic E-state index is 0.00208. The molecule has 0 amide bonds. The SMILES string of the molecule is CC(C)(CO)C(=O)SCCOP(=O)(CC[C@H]1O[C@@H](n2ccc(N)nc2=O)C(C)(O)[C@H]1O)NCc1ccccc1. The van der Waals surface area contributed by atoms with Gasteiger partial charge in [-0.05, 0) is 38.8 Å². The third-order valence-electron chi connectivity index (χ3n) is 6.50. The summed E-state index contributed by atoms with van der Waals surface area (Å²) < 4.78 is 26.5. The topological polar surface area (TPSA) is 186 Å². The van der Waals surface area contributed by atoms with Gasteiger partial charge in [-0.15, -0.1) is 0 Å². The average Bonchev–Trinajstić information content (AvgIpc) is 3.13. The van der Waals surface area contributed by atoms with E-state index in [1.807, 2.05) is 30.3 Å². The number of benzene rings is 1. The van der Waals surface area contributed by atoms with Crippen molar-refractivity contribution in [2.45, 2.75) is 57.8 Å². The Hall–Kier alpha value is -2.09. The van der Waals surface area contributed by atoms with E-state index in [0.717, 1.165) is 21.9 Å². The van der Waals surface area contributed by atoms with Crippen molar-refractivity contribution in [2.75, 3.05) is 30.9 Å². The lowest BCUT2D eigenvalue weighted by molar-refractivity contribution is -0.119. The molecular weight excluding hydrogens is 547 g/mol. The monoisotopic (exact) mass is 584 g/mol. The Kier molecular flexibility index (Phi) is 10.5. The molecule has 1 aromatic heterocycles. The Bertz CT molecular complexity index is 1230. The zero-order valence-electron chi connectivity index (χ0n) is 22.2. The molecule has 3 rings (SSSR count). The zero-order valence-corrected chi connectivity index (χ0v) is 23.9. The normalized spacial score (nSPS) is 24.9. The minimum Gasteiger partial charge on any atom is -0.395 e. The molecule has 0 aliphatic carbocycles. The van der Waals surface area contributed by atoms with Crippen LogP contribution in [0.2, 0.25) is 0 Å². The van der Waals surface area contributed by atoms with Crippen molar-refractivity contribution in [1.29, 1.82) is 0 Å². The van der Waals surface area contributed by atoms with Gasteiger partial charge in [0, 0.05) is 24.7 Å². The van der Waals surface area contributed by atoms with Crippen LogP contribution >= 0.6 is 19.3 Å². The highest BCUT2D eigenvalue weighted by Crippen LogP contribution is 2.46. The predicted molar refractivity (Wildman–Crippen MR) is 148 cm³/mol. The van der Waals surface area contributed by atoms with E-state index in [1.165, 1.54) is 19.2 Å². The third kappa shape index (κ3) is 7.99. The summed E-state index contributed by atoms with van der Waals surface area (Å²) in [5.74, 6) is 0.236. The number of hydrogen-bond donors (Lipinski definition) is 5. The molecule has 0 saturated carbocycles. The minimum atomic E-state index is -3.52. The maximum absolute atomic E-state index is 13.8. The van der Waals surface area contributed by atoms with Crippen molar-refractivity contribution in [1.82, 2.24) is 14.6 Å². The lowest BCUT2D eigenvalue weighted by Crippen LogP contribution is -2.46. The largest absolute Gasteiger partial charge is 0.395 e. The summed E-state index contributed by atoms with van der Waals surface area (Å²) in [6.07, 6.45) is -2.30. The molecule has 1 aliphatic heterocycles. The third-order valence-corrected chi connectivity index (χ3v) is 9.77. The maximum Gasteiger partial charge on any atom is 0.351 e. The Morgan fingerprint density at radius 3 is 2.67 bits per heavy atom. The van der Waals surface area contributed by atoms with Crippen LogP contribution in [0.3, 0.4) is 0 Å². The molecule has 0 bridgehead atoms. The van der Waals surface area contributed by atoms with E-state index in [-0.39, 0.29) is 49.0 Å². The molecule has 2 aromatic rings. The summed E-state index contributed by atoms with van der Waals surface area (Å²) >= 11 is 0.989. The second kappa shape index (κ2) is 13.0. The van der Waals surface area contributed by atoms with Gasteiger partial charge in [0.15, 0.2) is 11.3 Å². The van der Waals surface area contributed by atoms with Crippen molar-refractivity contribution in [3.63, 3.8) is 0 Å². The van der Waals surface area contributed by atoms with Gasteiger partial charge in [-0.25, -0.2) is 9.88 Å². The molecule has 2 unspecified atom stereocenters. The van der Waals surface area contributed by atoms with Gasteiger partial charge in [-0.1, -0.05) is 42.1 Å². The van der Waals surface area contributed by atoms with Crippen LogP contribution < -0.4 is 16.5 Å². The van der Waals surface area contributed by atoms with E-state index in [1.54, 1.807) is 13.8 Å². The molecule has 1 aromatic carbocycles. The van der Waals surface area contributed by atoms with Gasteiger partial charge in [0.1, 0.15) is 17.5 Å². The molecule has 14 heteroatoms. The molecule has 0 spiro atoms. The first-order valence-corrected chi connectivity index (χ1v) is 15.3. The second-order valence-corrected chi connectivity index (χ2v) is 13.7. The lowest BCUT2D eigenvalue weighted by Gasteiger charge is -2.27.